The number of carbonyl (C=O) groups is 4. The molecule has 2 aromatic carbocycles. The molecule has 1 fully saturated rings. The molecule has 34 heavy (non-hydrogen) atoms. The van der Waals surface area contributed by atoms with Gasteiger partial charge in [0, 0.05) is 18.0 Å². The van der Waals surface area contributed by atoms with Gasteiger partial charge >= 0.3 is 0 Å². The van der Waals surface area contributed by atoms with Crippen molar-refractivity contribution in [2.45, 2.75) is 39.0 Å². The summed E-state index contributed by atoms with van der Waals surface area (Å²) in [6.07, 6.45) is 0.0852. The Morgan fingerprint density at radius 3 is 2.18 bits per heavy atom. The fraction of sp³-hybridized carbons (Fsp3) is 0.360. The Kier molecular flexibility index (Phi) is 7.56. The molecule has 180 valence electrons. The largest absolute Gasteiger partial charge is 0.497 e. The lowest BCUT2D eigenvalue weighted by Crippen LogP contribution is -2.44. The molecule has 8 nitrogen and oxygen atoms in total. The van der Waals surface area contributed by atoms with Crippen LogP contribution in [-0.2, 0) is 19.2 Å². The van der Waals surface area contributed by atoms with Gasteiger partial charge in [-0.2, -0.15) is 0 Å². The lowest BCUT2D eigenvalue weighted by Gasteiger charge is -2.22. The monoisotopic (exact) mass is 481 g/mol. The number of benzene rings is 2. The second-order valence-corrected chi connectivity index (χ2v) is 14.6. The number of methoxy groups -OCH3 is 1. The number of imide groups is 1. The van der Waals surface area contributed by atoms with E-state index in [0.717, 1.165) is 4.90 Å². The summed E-state index contributed by atoms with van der Waals surface area (Å²) in [6, 6.07) is 13.4. The number of ether oxygens (including phenoxy) is 1. The molecule has 0 aromatic heterocycles. The molecule has 2 unspecified atom stereocenters. The third-order valence-corrected chi connectivity index (χ3v) is 7.87. The Hall–Kier alpha value is -3.46. The number of hydrogen-bond acceptors (Lipinski definition) is 5. The smallest absolute Gasteiger partial charge is 0.251 e. The van der Waals surface area contributed by atoms with E-state index in [-0.39, 0.29) is 18.2 Å². The van der Waals surface area contributed by atoms with E-state index in [1.807, 2.05) is 24.3 Å². The normalized spacial score (nSPS) is 16.9. The highest BCUT2D eigenvalue weighted by molar-refractivity contribution is 6.88. The number of carbonyl (C=O) groups excluding carboxylic acids is 4. The van der Waals surface area contributed by atoms with E-state index in [1.165, 1.54) is 12.3 Å². The molecule has 1 saturated heterocycles. The van der Waals surface area contributed by atoms with Gasteiger partial charge in [0.1, 0.15) is 18.3 Å². The maximum absolute atomic E-state index is 13.2. The first-order valence-electron chi connectivity index (χ1n) is 11.2. The first kappa shape index (κ1) is 25.2. The summed E-state index contributed by atoms with van der Waals surface area (Å²) in [4.78, 5) is 51.2. The van der Waals surface area contributed by atoms with E-state index in [0.29, 0.717) is 17.0 Å². The lowest BCUT2D eigenvalue weighted by molar-refractivity contribution is -0.143. The summed E-state index contributed by atoms with van der Waals surface area (Å²) in [6.45, 7) is 7.96. The first-order valence-corrected chi connectivity index (χ1v) is 14.7. The summed E-state index contributed by atoms with van der Waals surface area (Å²) in [5.41, 5.74) is 1.15. The van der Waals surface area contributed by atoms with Crippen LogP contribution in [0, 0.1) is 5.92 Å². The van der Waals surface area contributed by atoms with Gasteiger partial charge in [0.2, 0.25) is 17.7 Å². The molecule has 1 heterocycles. The molecule has 1 aliphatic heterocycles. The molecule has 0 bridgehead atoms. The van der Waals surface area contributed by atoms with Crippen LogP contribution in [0.5, 0.6) is 5.75 Å². The van der Waals surface area contributed by atoms with Crippen LogP contribution >= 0.6 is 0 Å². The lowest BCUT2D eigenvalue weighted by atomic mass is 10.1. The van der Waals surface area contributed by atoms with Crippen LogP contribution < -0.4 is 20.6 Å². The molecule has 2 N–H and O–H groups in total. The average Bonchev–Trinajstić information content (AvgIpc) is 3.03. The molecule has 0 spiro atoms. The highest BCUT2D eigenvalue weighted by Crippen LogP contribution is 2.21. The zero-order chi connectivity index (χ0) is 25.0. The van der Waals surface area contributed by atoms with Gasteiger partial charge in [0.15, 0.2) is 0 Å². The fourth-order valence-corrected chi connectivity index (χ4v) is 4.90. The van der Waals surface area contributed by atoms with Gasteiger partial charge in [-0.05, 0) is 29.8 Å². The highest BCUT2D eigenvalue weighted by atomic mass is 28.3. The van der Waals surface area contributed by atoms with E-state index in [1.54, 1.807) is 31.2 Å². The van der Waals surface area contributed by atoms with Gasteiger partial charge in [0.05, 0.1) is 15.2 Å². The zero-order valence-corrected chi connectivity index (χ0v) is 21.2. The molecule has 4 amide bonds. The third kappa shape index (κ3) is 5.90. The number of rotatable bonds is 8. The Labute approximate surface area is 200 Å². The van der Waals surface area contributed by atoms with E-state index >= 15 is 0 Å². The predicted octanol–water partition coefficient (Wildman–Crippen LogP) is 2.43. The van der Waals surface area contributed by atoms with Crippen molar-refractivity contribution in [1.82, 2.24) is 10.2 Å². The van der Waals surface area contributed by atoms with Gasteiger partial charge in [-0.15, -0.1) is 0 Å². The number of amides is 4. The minimum atomic E-state index is -1.48. The maximum atomic E-state index is 13.2. The summed E-state index contributed by atoms with van der Waals surface area (Å²) in [5.74, 6) is -1.64. The van der Waals surface area contributed by atoms with Gasteiger partial charge < -0.3 is 15.4 Å². The van der Waals surface area contributed by atoms with Crippen molar-refractivity contribution in [2.24, 2.45) is 5.92 Å². The zero-order valence-electron chi connectivity index (χ0n) is 20.2. The minimum absolute atomic E-state index is 0.0852. The molecule has 1 aliphatic rings. The molecule has 0 aliphatic carbocycles. The summed E-state index contributed by atoms with van der Waals surface area (Å²) in [7, 11) is 0.0608. The number of nitrogens with zero attached hydrogens (tertiary/aromatic N) is 1. The van der Waals surface area contributed by atoms with Crippen molar-refractivity contribution < 1.29 is 23.9 Å². The van der Waals surface area contributed by atoms with Crippen LogP contribution in [0.25, 0.3) is 0 Å². The first-order chi connectivity index (χ1) is 16.0. The van der Waals surface area contributed by atoms with E-state index in [2.05, 4.69) is 30.3 Å². The van der Waals surface area contributed by atoms with Crippen molar-refractivity contribution in [3.05, 3.63) is 54.1 Å². The molecule has 0 radical (unpaired) electrons. The molecular weight excluding hydrogens is 450 g/mol. The van der Waals surface area contributed by atoms with Gasteiger partial charge in [-0.25, -0.2) is 0 Å². The standard InChI is InChI=1S/C25H31N3O5Si/c1-16-14-22(30)28(25(16)32)15-21(29)27-23(17-6-10-19(33-2)11-7-17)24(31)26-18-8-12-20(13-9-18)34(3,4)5/h6-13,16,23H,14-15H2,1-5H3,(H,26,31)(H,27,29). The predicted molar refractivity (Wildman–Crippen MR) is 132 cm³/mol. The van der Waals surface area contributed by atoms with Gasteiger partial charge in [0.25, 0.3) is 5.91 Å². The van der Waals surface area contributed by atoms with Crippen LogP contribution in [0.4, 0.5) is 5.69 Å². The number of anilines is 1. The summed E-state index contributed by atoms with van der Waals surface area (Å²) in [5, 5.41) is 6.80. The van der Waals surface area contributed by atoms with Crippen LogP contribution in [-0.4, -0.2) is 50.3 Å². The number of nitrogens with one attached hydrogen (secondary N) is 2. The van der Waals surface area contributed by atoms with Crippen LogP contribution in [0.1, 0.15) is 24.9 Å². The molecule has 2 atom stereocenters. The number of likely N-dealkylation sites (tertiary alicyclic amines) is 1. The van der Waals surface area contributed by atoms with Crippen LogP contribution in [0.3, 0.4) is 0 Å². The number of hydrogen-bond donors (Lipinski definition) is 2. The fourth-order valence-electron chi connectivity index (χ4n) is 3.73. The Bertz CT molecular complexity index is 1080. The van der Waals surface area contributed by atoms with Gasteiger partial charge in [-0.1, -0.05) is 56.0 Å². The molecule has 0 saturated carbocycles. The van der Waals surface area contributed by atoms with E-state index in [9.17, 15) is 19.2 Å². The van der Waals surface area contributed by atoms with Crippen LogP contribution in [0.15, 0.2) is 48.5 Å². The highest BCUT2D eigenvalue weighted by Gasteiger charge is 2.37. The second-order valence-electron chi connectivity index (χ2n) is 9.51. The van der Waals surface area contributed by atoms with Crippen molar-refractivity contribution in [2.75, 3.05) is 19.0 Å². The van der Waals surface area contributed by atoms with Gasteiger partial charge in [-0.3, -0.25) is 24.1 Å². The SMILES string of the molecule is COc1ccc(C(NC(=O)CN2C(=O)CC(C)C2=O)C(=O)Nc2ccc([Si](C)(C)C)cc2)cc1. The summed E-state index contributed by atoms with van der Waals surface area (Å²) < 4.78 is 5.18. The quantitative estimate of drug-likeness (QED) is 0.445. The summed E-state index contributed by atoms with van der Waals surface area (Å²) >= 11 is 0. The average molecular weight is 482 g/mol. The molecular formula is C25H31N3O5Si. The topological polar surface area (TPSA) is 105 Å². The van der Waals surface area contributed by atoms with Crippen molar-refractivity contribution in [3.63, 3.8) is 0 Å². The van der Waals surface area contributed by atoms with Crippen molar-refractivity contribution >= 4 is 42.6 Å². The van der Waals surface area contributed by atoms with Crippen LogP contribution in [0.2, 0.25) is 19.6 Å². The Morgan fingerprint density at radius 2 is 1.68 bits per heavy atom. The third-order valence-electron chi connectivity index (χ3n) is 5.81. The maximum Gasteiger partial charge on any atom is 0.251 e. The Morgan fingerprint density at radius 1 is 1.06 bits per heavy atom. The van der Waals surface area contributed by atoms with E-state index < -0.39 is 38.4 Å². The van der Waals surface area contributed by atoms with E-state index in [4.69, 9.17) is 4.74 Å². The Balaban J connectivity index is 1.78. The van der Waals surface area contributed by atoms with Crippen molar-refractivity contribution in [3.8, 4) is 5.75 Å². The second kappa shape index (κ2) is 10.2. The minimum Gasteiger partial charge on any atom is -0.497 e. The molecule has 2 aromatic rings. The van der Waals surface area contributed by atoms with Crippen molar-refractivity contribution in [1.29, 1.82) is 0 Å². The molecule has 3 rings (SSSR count). The molecule has 9 heteroatoms.